The quantitative estimate of drug-likeness (QED) is 0.738. The van der Waals surface area contributed by atoms with E-state index in [-0.39, 0.29) is 36.4 Å². The van der Waals surface area contributed by atoms with Crippen LogP contribution in [0.15, 0.2) is 58.3 Å². The van der Waals surface area contributed by atoms with Crippen LogP contribution in [-0.4, -0.2) is 34.2 Å². The SMILES string of the molecule is Cc1ccc(C(=O)NC2(C(F)(F)F)C(=O)N(Cc3ccco3)C3=C2C(=O)CC(C)(C)C3)cc1. The minimum absolute atomic E-state index is 0.0285. The first-order valence-electron chi connectivity index (χ1n) is 10.4. The fourth-order valence-electron chi connectivity index (χ4n) is 4.50. The monoisotopic (exact) mass is 460 g/mol. The van der Waals surface area contributed by atoms with Crippen LogP contribution in [0.1, 0.15) is 48.4 Å². The lowest BCUT2D eigenvalue weighted by Gasteiger charge is -2.35. The molecule has 0 radical (unpaired) electrons. The maximum atomic E-state index is 14.7. The second-order valence-corrected chi connectivity index (χ2v) is 9.30. The predicted octanol–water partition coefficient (Wildman–Crippen LogP) is 4.30. The molecular weight excluding hydrogens is 437 g/mol. The second kappa shape index (κ2) is 7.60. The zero-order chi connectivity index (χ0) is 24.2. The molecule has 0 fully saturated rings. The molecule has 1 aromatic heterocycles. The Kier molecular flexibility index (Phi) is 5.26. The lowest BCUT2D eigenvalue weighted by atomic mass is 9.72. The number of nitrogens with zero attached hydrogens (tertiary/aromatic N) is 1. The van der Waals surface area contributed by atoms with E-state index in [4.69, 9.17) is 4.42 Å². The largest absolute Gasteiger partial charge is 0.467 e. The predicted molar refractivity (Wildman–Crippen MR) is 112 cm³/mol. The van der Waals surface area contributed by atoms with Crippen LogP contribution in [0.5, 0.6) is 0 Å². The van der Waals surface area contributed by atoms with Crippen molar-refractivity contribution in [3.05, 3.63) is 70.8 Å². The molecule has 2 aliphatic rings. The fourth-order valence-corrected chi connectivity index (χ4v) is 4.50. The van der Waals surface area contributed by atoms with Crippen molar-refractivity contribution in [3.8, 4) is 0 Å². The number of alkyl halides is 3. The summed E-state index contributed by atoms with van der Waals surface area (Å²) >= 11 is 0. The van der Waals surface area contributed by atoms with Gasteiger partial charge in [0.2, 0.25) is 5.54 Å². The number of aryl methyl sites for hydroxylation is 1. The lowest BCUT2D eigenvalue weighted by molar-refractivity contribution is -0.191. The van der Waals surface area contributed by atoms with E-state index >= 15 is 0 Å². The number of amides is 2. The number of hydrogen-bond acceptors (Lipinski definition) is 4. The molecule has 1 N–H and O–H groups in total. The van der Waals surface area contributed by atoms with Gasteiger partial charge in [-0.1, -0.05) is 31.5 Å². The van der Waals surface area contributed by atoms with Gasteiger partial charge in [0.15, 0.2) is 5.78 Å². The van der Waals surface area contributed by atoms with Gasteiger partial charge in [0, 0.05) is 17.7 Å². The van der Waals surface area contributed by atoms with Gasteiger partial charge in [-0.2, -0.15) is 13.2 Å². The Morgan fingerprint density at radius 2 is 1.79 bits per heavy atom. The van der Waals surface area contributed by atoms with Gasteiger partial charge < -0.3 is 14.6 Å². The van der Waals surface area contributed by atoms with E-state index < -0.39 is 40.3 Å². The molecule has 0 bridgehead atoms. The minimum atomic E-state index is -5.25. The van der Waals surface area contributed by atoms with E-state index in [1.807, 2.05) is 5.32 Å². The molecule has 9 heteroatoms. The summed E-state index contributed by atoms with van der Waals surface area (Å²) in [4.78, 5) is 40.4. The number of carbonyl (C=O) groups is 3. The number of furan rings is 1. The molecule has 0 spiro atoms. The summed E-state index contributed by atoms with van der Waals surface area (Å²) in [5.74, 6) is -3.06. The van der Waals surface area contributed by atoms with Crippen LogP contribution in [0.4, 0.5) is 13.2 Å². The molecule has 2 aromatic rings. The normalized spacial score (nSPS) is 22.5. The van der Waals surface area contributed by atoms with Gasteiger partial charge in [-0.3, -0.25) is 14.4 Å². The molecule has 174 valence electrons. The first-order valence-corrected chi connectivity index (χ1v) is 10.4. The first-order chi connectivity index (χ1) is 15.4. The number of halogens is 3. The third-order valence-corrected chi connectivity index (χ3v) is 6.05. The van der Waals surface area contributed by atoms with Crippen molar-refractivity contribution in [2.75, 3.05) is 0 Å². The summed E-state index contributed by atoms with van der Waals surface area (Å²) in [5.41, 5.74) is -4.09. The maximum Gasteiger partial charge on any atom is 0.425 e. The summed E-state index contributed by atoms with van der Waals surface area (Å²) in [5, 5.41) is 1.92. The van der Waals surface area contributed by atoms with Gasteiger partial charge in [0.1, 0.15) is 5.76 Å². The first kappa shape index (κ1) is 22.8. The summed E-state index contributed by atoms with van der Waals surface area (Å²) in [7, 11) is 0. The molecule has 1 unspecified atom stereocenters. The number of Topliss-reactive ketones (excluding diaryl/α,β-unsaturated/α-hetero) is 1. The van der Waals surface area contributed by atoms with Gasteiger partial charge >= 0.3 is 6.18 Å². The number of rotatable bonds is 4. The lowest BCUT2D eigenvalue weighted by Crippen LogP contribution is -2.66. The van der Waals surface area contributed by atoms with Crippen LogP contribution in [0.2, 0.25) is 0 Å². The average molecular weight is 460 g/mol. The Hall–Kier alpha value is -3.36. The van der Waals surface area contributed by atoms with Crippen LogP contribution in [0.3, 0.4) is 0 Å². The molecule has 2 heterocycles. The molecular formula is C24H23F3N2O4. The van der Waals surface area contributed by atoms with E-state index in [0.717, 1.165) is 10.5 Å². The number of benzene rings is 1. The Morgan fingerprint density at radius 1 is 1.12 bits per heavy atom. The topological polar surface area (TPSA) is 79.6 Å². The molecule has 1 atom stereocenters. The molecule has 0 saturated carbocycles. The van der Waals surface area contributed by atoms with E-state index in [2.05, 4.69) is 0 Å². The number of nitrogens with one attached hydrogen (secondary N) is 1. The van der Waals surface area contributed by atoms with Crippen LogP contribution in [0, 0.1) is 12.3 Å². The number of ketones is 1. The fraction of sp³-hybridized carbons (Fsp3) is 0.375. The Labute approximate surface area is 188 Å². The average Bonchev–Trinajstić information content (AvgIpc) is 3.29. The zero-order valence-corrected chi connectivity index (χ0v) is 18.4. The van der Waals surface area contributed by atoms with Gasteiger partial charge in [-0.25, -0.2) is 0 Å². The number of allylic oxidation sites excluding steroid dienone is 1. The van der Waals surface area contributed by atoms with Gasteiger partial charge in [-0.15, -0.1) is 0 Å². The second-order valence-electron chi connectivity index (χ2n) is 9.30. The van der Waals surface area contributed by atoms with Crippen molar-refractivity contribution < 1.29 is 32.0 Å². The maximum absolute atomic E-state index is 14.7. The molecule has 2 amide bonds. The van der Waals surface area contributed by atoms with Crippen LogP contribution >= 0.6 is 0 Å². The highest BCUT2D eigenvalue weighted by Gasteiger charge is 2.71. The van der Waals surface area contributed by atoms with Crippen LogP contribution in [-0.2, 0) is 16.1 Å². The molecule has 6 nitrogen and oxygen atoms in total. The van der Waals surface area contributed by atoms with Crippen LogP contribution in [0.25, 0.3) is 0 Å². The van der Waals surface area contributed by atoms with E-state index in [9.17, 15) is 27.6 Å². The Morgan fingerprint density at radius 3 is 2.36 bits per heavy atom. The summed E-state index contributed by atoms with van der Waals surface area (Å²) in [6.07, 6.45) is -4.01. The highest BCUT2D eigenvalue weighted by atomic mass is 19.4. The Balaban J connectivity index is 1.86. The van der Waals surface area contributed by atoms with Gasteiger partial charge in [0.05, 0.1) is 18.4 Å². The van der Waals surface area contributed by atoms with Crippen molar-refractivity contribution in [3.63, 3.8) is 0 Å². The van der Waals surface area contributed by atoms with Crippen LogP contribution < -0.4 is 5.32 Å². The van der Waals surface area contributed by atoms with Crippen molar-refractivity contribution in [1.82, 2.24) is 10.2 Å². The van der Waals surface area contributed by atoms with Crippen molar-refractivity contribution >= 4 is 17.6 Å². The van der Waals surface area contributed by atoms with Crippen molar-refractivity contribution in [1.29, 1.82) is 0 Å². The van der Waals surface area contributed by atoms with Gasteiger partial charge in [-0.05, 0) is 43.0 Å². The number of carbonyl (C=O) groups excluding carboxylic acids is 3. The van der Waals surface area contributed by atoms with E-state index in [1.54, 1.807) is 39.0 Å². The number of hydrogen-bond donors (Lipinski definition) is 1. The summed E-state index contributed by atoms with van der Waals surface area (Å²) in [6, 6.07) is 8.98. The van der Waals surface area contributed by atoms with Gasteiger partial charge in [0.25, 0.3) is 11.8 Å². The molecule has 1 aromatic carbocycles. The van der Waals surface area contributed by atoms with Crippen molar-refractivity contribution in [2.45, 2.75) is 51.9 Å². The smallest absolute Gasteiger partial charge is 0.425 e. The summed E-state index contributed by atoms with van der Waals surface area (Å²) in [6.45, 7) is 4.99. The highest BCUT2D eigenvalue weighted by Crippen LogP contribution is 2.52. The summed E-state index contributed by atoms with van der Waals surface area (Å²) < 4.78 is 49.4. The van der Waals surface area contributed by atoms with Crippen molar-refractivity contribution in [2.24, 2.45) is 5.41 Å². The molecule has 0 saturated heterocycles. The molecule has 1 aliphatic heterocycles. The molecule has 33 heavy (non-hydrogen) atoms. The molecule has 1 aliphatic carbocycles. The Bertz CT molecular complexity index is 1150. The third kappa shape index (κ3) is 3.75. The standard InChI is InChI=1S/C24H23F3N2O4/c1-14-6-8-15(9-7-14)20(31)28-23(24(25,26)27)19-17(11-22(2,3)12-18(19)30)29(21(23)32)13-16-5-4-10-33-16/h4-10H,11-13H2,1-3H3,(H,28,31). The van der Waals surface area contributed by atoms with E-state index in [1.165, 1.54) is 24.5 Å². The zero-order valence-electron chi connectivity index (χ0n) is 18.4. The highest BCUT2D eigenvalue weighted by molar-refractivity contribution is 6.14. The molecule has 4 rings (SSSR count). The van der Waals surface area contributed by atoms with E-state index in [0.29, 0.717) is 0 Å². The third-order valence-electron chi connectivity index (χ3n) is 6.05. The minimum Gasteiger partial charge on any atom is -0.467 e.